The van der Waals surface area contributed by atoms with Gasteiger partial charge in [0.2, 0.25) is 0 Å². The first-order valence-electron chi connectivity index (χ1n) is 6.51. The van der Waals surface area contributed by atoms with Crippen LogP contribution in [0.3, 0.4) is 0 Å². The number of amides is 1. The number of carboxylic acids is 1. The lowest BCUT2D eigenvalue weighted by Crippen LogP contribution is -2.29. The topological polar surface area (TPSA) is 75.4 Å². The van der Waals surface area contributed by atoms with Gasteiger partial charge in [0.15, 0.2) is 0 Å². The molecule has 0 aliphatic carbocycles. The molecule has 112 valence electrons. The first kappa shape index (κ1) is 15.7. The van der Waals surface area contributed by atoms with Crippen molar-refractivity contribution in [3.63, 3.8) is 0 Å². The van der Waals surface area contributed by atoms with Gasteiger partial charge in [-0.05, 0) is 19.4 Å². The average molecular weight is 325 g/mol. The Morgan fingerprint density at radius 2 is 2.33 bits per heavy atom. The standard InChI is InChI=1S/C13H15N3O3S2/c1-2-15-8-9(7-14-15)6-10-12(19)16(13(20)21-10)5-3-4-11(17)18/h6-8H,2-5H2,1H3,(H,17,18)/b10-6-. The van der Waals surface area contributed by atoms with Crippen molar-refractivity contribution >= 4 is 46.3 Å². The first-order valence-corrected chi connectivity index (χ1v) is 7.73. The van der Waals surface area contributed by atoms with Crippen LogP contribution in [0.15, 0.2) is 17.3 Å². The van der Waals surface area contributed by atoms with Gasteiger partial charge < -0.3 is 5.11 Å². The van der Waals surface area contributed by atoms with E-state index in [2.05, 4.69) is 5.10 Å². The predicted octanol–water partition coefficient (Wildman–Crippen LogP) is 1.97. The lowest BCUT2D eigenvalue weighted by molar-refractivity contribution is -0.137. The van der Waals surface area contributed by atoms with Gasteiger partial charge >= 0.3 is 5.97 Å². The van der Waals surface area contributed by atoms with Crippen LogP contribution in [0.25, 0.3) is 6.08 Å². The number of thioether (sulfide) groups is 1. The third-order valence-electron chi connectivity index (χ3n) is 2.92. The normalized spacial score (nSPS) is 17.0. The molecular formula is C13H15N3O3S2. The zero-order valence-electron chi connectivity index (χ0n) is 11.5. The molecule has 0 bridgehead atoms. The van der Waals surface area contributed by atoms with Gasteiger partial charge in [0.1, 0.15) is 4.32 Å². The molecule has 1 aliphatic heterocycles. The van der Waals surface area contributed by atoms with Crippen LogP contribution >= 0.6 is 24.0 Å². The average Bonchev–Trinajstić information content (AvgIpc) is 2.98. The SMILES string of the molecule is CCn1cc(/C=C2\SC(=S)N(CCCC(=O)O)C2=O)cn1. The highest BCUT2D eigenvalue weighted by Crippen LogP contribution is 2.32. The van der Waals surface area contributed by atoms with Crippen molar-refractivity contribution in [2.24, 2.45) is 0 Å². The smallest absolute Gasteiger partial charge is 0.303 e. The molecule has 0 unspecified atom stereocenters. The molecule has 1 aromatic rings. The molecule has 8 heteroatoms. The first-order chi connectivity index (χ1) is 10.0. The number of carbonyl (C=O) groups is 2. The minimum Gasteiger partial charge on any atom is -0.481 e. The lowest BCUT2D eigenvalue weighted by atomic mass is 10.3. The van der Waals surface area contributed by atoms with E-state index in [9.17, 15) is 9.59 Å². The Bertz CT molecular complexity index is 610. The molecule has 1 amide bonds. The van der Waals surface area contributed by atoms with E-state index < -0.39 is 5.97 Å². The number of aliphatic carboxylic acids is 1. The quantitative estimate of drug-likeness (QED) is 0.636. The molecule has 1 aromatic heterocycles. The summed E-state index contributed by atoms with van der Waals surface area (Å²) in [5, 5.41) is 12.8. The summed E-state index contributed by atoms with van der Waals surface area (Å²) in [5.74, 6) is -1.04. The number of aryl methyl sites for hydroxylation is 1. The van der Waals surface area contributed by atoms with Crippen molar-refractivity contribution in [3.8, 4) is 0 Å². The molecule has 0 saturated carbocycles. The van der Waals surface area contributed by atoms with Gasteiger partial charge in [-0.25, -0.2) is 0 Å². The third kappa shape index (κ3) is 3.92. The number of thiocarbonyl (C=S) groups is 1. The highest BCUT2D eigenvalue weighted by atomic mass is 32.2. The van der Waals surface area contributed by atoms with Crippen LogP contribution in [-0.2, 0) is 16.1 Å². The Morgan fingerprint density at radius 1 is 1.57 bits per heavy atom. The Labute approximate surface area is 131 Å². The van der Waals surface area contributed by atoms with Gasteiger partial charge in [-0.1, -0.05) is 24.0 Å². The van der Waals surface area contributed by atoms with Gasteiger partial charge in [-0.15, -0.1) is 0 Å². The molecule has 0 radical (unpaired) electrons. The molecule has 1 saturated heterocycles. The zero-order chi connectivity index (χ0) is 15.4. The van der Waals surface area contributed by atoms with E-state index in [1.165, 1.54) is 16.7 Å². The minimum absolute atomic E-state index is 0.0272. The lowest BCUT2D eigenvalue weighted by Gasteiger charge is -2.13. The van der Waals surface area contributed by atoms with E-state index in [1.54, 1.807) is 17.0 Å². The van der Waals surface area contributed by atoms with Crippen LogP contribution in [-0.4, -0.2) is 42.5 Å². The summed E-state index contributed by atoms with van der Waals surface area (Å²) >= 11 is 6.41. The molecule has 2 rings (SSSR count). The fourth-order valence-corrected chi connectivity index (χ4v) is 3.17. The van der Waals surface area contributed by atoms with E-state index in [0.717, 1.165) is 12.1 Å². The van der Waals surface area contributed by atoms with Gasteiger partial charge in [0, 0.05) is 31.3 Å². The van der Waals surface area contributed by atoms with Crippen LogP contribution in [0.5, 0.6) is 0 Å². The fraction of sp³-hybridized carbons (Fsp3) is 0.385. The van der Waals surface area contributed by atoms with Gasteiger partial charge in [0.25, 0.3) is 5.91 Å². The maximum absolute atomic E-state index is 12.2. The van der Waals surface area contributed by atoms with E-state index in [1.807, 2.05) is 13.1 Å². The van der Waals surface area contributed by atoms with Crippen LogP contribution < -0.4 is 0 Å². The summed E-state index contributed by atoms with van der Waals surface area (Å²) in [4.78, 5) is 24.8. The van der Waals surface area contributed by atoms with Crippen molar-refractivity contribution in [3.05, 3.63) is 22.9 Å². The third-order valence-corrected chi connectivity index (χ3v) is 4.30. The number of aromatic nitrogens is 2. The molecule has 2 heterocycles. The van der Waals surface area contributed by atoms with Crippen molar-refractivity contribution < 1.29 is 14.7 Å². The minimum atomic E-state index is -0.872. The number of hydrogen-bond donors (Lipinski definition) is 1. The fourth-order valence-electron chi connectivity index (χ4n) is 1.86. The van der Waals surface area contributed by atoms with Crippen LogP contribution in [0.2, 0.25) is 0 Å². The molecule has 1 aliphatic rings. The van der Waals surface area contributed by atoms with E-state index in [4.69, 9.17) is 17.3 Å². The van der Waals surface area contributed by atoms with Gasteiger partial charge in [-0.2, -0.15) is 5.10 Å². The summed E-state index contributed by atoms with van der Waals surface area (Å²) in [5.41, 5.74) is 0.850. The summed E-state index contributed by atoms with van der Waals surface area (Å²) in [6.45, 7) is 3.09. The second kappa shape index (κ2) is 6.86. The van der Waals surface area contributed by atoms with Crippen molar-refractivity contribution in [1.82, 2.24) is 14.7 Å². The Kier molecular flexibility index (Phi) is 5.13. The molecule has 1 N–H and O–H groups in total. The van der Waals surface area contributed by atoms with Crippen LogP contribution in [0.4, 0.5) is 0 Å². The number of rotatable bonds is 6. The summed E-state index contributed by atoms with van der Waals surface area (Å²) < 4.78 is 2.25. The predicted molar refractivity (Wildman–Crippen MR) is 84.6 cm³/mol. The summed E-state index contributed by atoms with van der Waals surface area (Å²) in [7, 11) is 0. The van der Waals surface area contributed by atoms with E-state index in [-0.39, 0.29) is 12.3 Å². The second-order valence-electron chi connectivity index (χ2n) is 4.46. The maximum Gasteiger partial charge on any atom is 0.303 e. The monoisotopic (exact) mass is 325 g/mol. The Morgan fingerprint density at radius 3 is 2.95 bits per heavy atom. The van der Waals surface area contributed by atoms with Gasteiger partial charge in [-0.3, -0.25) is 19.2 Å². The molecule has 0 aromatic carbocycles. The molecule has 0 atom stereocenters. The molecule has 0 spiro atoms. The van der Waals surface area contributed by atoms with Crippen molar-refractivity contribution in [2.45, 2.75) is 26.3 Å². The number of carbonyl (C=O) groups excluding carboxylic acids is 1. The van der Waals surface area contributed by atoms with Crippen LogP contribution in [0, 0.1) is 0 Å². The zero-order valence-corrected chi connectivity index (χ0v) is 13.1. The Hall–Kier alpha value is -1.67. The molecule has 21 heavy (non-hydrogen) atoms. The number of carboxylic acid groups (broad SMARTS) is 1. The van der Waals surface area contributed by atoms with Crippen molar-refractivity contribution in [2.75, 3.05) is 6.54 Å². The molecular weight excluding hydrogens is 310 g/mol. The molecule has 1 fully saturated rings. The van der Waals surface area contributed by atoms with Gasteiger partial charge in [0.05, 0.1) is 11.1 Å². The summed E-state index contributed by atoms with van der Waals surface area (Å²) in [6, 6.07) is 0. The largest absolute Gasteiger partial charge is 0.481 e. The highest BCUT2D eigenvalue weighted by molar-refractivity contribution is 8.26. The van der Waals surface area contributed by atoms with E-state index >= 15 is 0 Å². The highest BCUT2D eigenvalue weighted by Gasteiger charge is 2.31. The van der Waals surface area contributed by atoms with E-state index in [0.29, 0.717) is 22.2 Å². The molecule has 6 nitrogen and oxygen atoms in total. The number of nitrogens with zero attached hydrogens (tertiary/aromatic N) is 3. The Balaban J connectivity index is 2.04. The number of hydrogen-bond acceptors (Lipinski definition) is 5. The second-order valence-corrected chi connectivity index (χ2v) is 6.14. The van der Waals surface area contributed by atoms with Crippen LogP contribution in [0.1, 0.15) is 25.3 Å². The maximum atomic E-state index is 12.2. The summed E-state index contributed by atoms with van der Waals surface area (Å²) in [6.07, 6.45) is 5.73. The van der Waals surface area contributed by atoms with Crippen molar-refractivity contribution in [1.29, 1.82) is 0 Å².